The quantitative estimate of drug-likeness (QED) is 0.265. The van der Waals surface area contributed by atoms with Gasteiger partial charge < -0.3 is 20.1 Å². The molecule has 0 radical (unpaired) electrons. The molecule has 2 aromatic heterocycles. The van der Waals surface area contributed by atoms with Gasteiger partial charge in [-0.1, -0.05) is 35.5 Å². The lowest BCUT2D eigenvalue weighted by Gasteiger charge is -2.11. The number of pyridine rings is 1. The number of nitrogens with one attached hydrogen (secondary N) is 2. The molecule has 2 N–H and O–H groups in total. The van der Waals surface area contributed by atoms with Gasteiger partial charge in [-0.2, -0.15) is 13.2 Å². The summed E-state index contributed by atoms with van der Waals surface area (Å²) in [4.78, 5) is 29.4. The number of nitrogens with zero attached hydrogens (tertiary/aromatic N) is 4. The molecule has 214 valence electrons. The van der Waals surface area contributed by atoms with Crippen LogP contribution in [-0.4, -0.2) is 51.1 Å². The van der Waals surface area contributed by atoms with E-state index in [9.17, 15) is 22.8 Å². The van der Waals surface area contributed by atoms with E-state index in [-0.39, 0.29) is 31.0 Å². The van der Waals surface area contributed by atoms with Crippen molar-refractivity contribution in [3.63, 3.8) is 0 Å². The van der Waals surface area contributed by atoms with Gasteiger partial charge in [0.1, 0.15) is 12.2 Å². The number of benzene rings is 2. The van der Waals surface area contributed by atoms with Crippen LogP contribution in [0.4, 0.5) is 13.2 Å². The molecule has 2 amide bonds. The van der Waals surface area contributed by atoms with Crippen LogP contribution in [0.25, 0.3) is 5.69 Å². The van der Waals surface area contributed by atoms with Gasteiger partial charge in [0.2, 0.25) is 5.88 Å². The molecular formula is C28H27F3N6O4. The van der Waals surface area contributed by atoms with E-state index in [1.54, 1.807) is 18.3 Å². The molecule has 10 nitrogen and oxygen atoms in total. The van der Waals surface area contributed by atoms with E-state index in [4.69, 9.17) is 9.47 Å². The molecular weight excluding hydrogens is 541 g/mol. The van der Waals surface area contributed by atoms with Gasteiger partial charge in [0.05, 0.1) is 25.5 Å². The molecule has 0 aliphatic carbocycles. The van der Waals surface area contributed by atoms with Gasteiger partial charge >= 0.3 is 6.18 Å². The number of carbonyl (C=O) groups is 2. The number of hydrogen-bond acceptors (Lipinski definition) is 7. The second kappa shape index (κ2) is 13.5. The van der Waals surface area contributed by atoms with Gasteiger partial charge in [0.15, 0.2) is 5.69 Å². The van der Waals surface area contributed by atoms with Crippen LogP contribution < -0.4 is 15.4 Å². The average Bonchev–Trinajstić information content (AvgIpc) is 3.39. The maximum Gasteiger partial charge on any atom is 0.405 e. The third-order valence-electron chi connectivity index (χ3n) is 5.70. The molecule has 0 aliphatic heterocycles. The lowest BCUT2D eigenvalue weighted by molar-refractivity contribution is -0.123. The van der Waals surface area contributed by atoms with Gasteiger partial charge in [-0.25, -0.2) is 9.67 Å². The lowest BCUT2D eigenvalue weighted by Crippen LogP contribution is -2.33. The van der Waals surface area contributed by atoms with Crippen LogP contribution >= 0.6 is 0 Å². The number of halogens is 3. The van der Waals surface area contributed by atoms with Crippen molar-refractivity contribution in [1.29, 1.82) is 0 Å². The summed E-state index contributed by atoms with van der Waals surface area (Å²) in [5.41, 5.74) is 2.53. The fraction of sp³-hybridized carbons (Fsp3) is 0.250. The van der Waals surface area contributed by atoms with Crippen LogP contribution in [0.1, 0.15) is 44.6 Å². The van der Waals surface area contributed by atoms with Crippen molar-refractivity contribution in [3.05, 3.63) is 101 Å². The molecule has 4 aromatic rings. The molecule has 0 spiro atoms. The molecule has 2 heterocycles. The van der Waals surface area contributed by atoms with E-state index in [1.807, 2.05) is 42.6 Å². The van der Waals surface area contributed by atoms with E-state index < -0.39 is 24.5 Å². The van der Waals surface area contributed by atoms with Crippen molar-refractivity contribution in [2.24, 2.45) is 0 Å². The molecule has 0 saturated carbocycles. The summed E-state index contributed by atoms with van der Waals surface area (Å²) in [6, 6.07) is 18.6. The van der Waals surface area contributed by atoms with Gasteiger partial charge in [-0.15, -0.1) is 5.10 Å². The first-order valence-electron chi connectivity index (χ1n) is 12.6. The summed E-state index contributed by atoms with van der Waals surface area (Å²) < 4.78 is 50.0. The molecule has 0 aliphatic rings. The highest BCUT2D eigenvalue weighted by Crippen LogP contribution is 2.18. The van der Waals surface area contributed by atoms with Crippen LogP contribution in [-0.2, 0) is 24.5 Å². The van der Waals surface area contributed by atoms with Crippen molar-refractivity contribution >= 4 is 11.8 Å². The Morgan fingerprint density at radius 2 is 1.68 bits per heavy atom. The standard InChI is InChI=1S/C28H27F3N6O4/c1-2-41-24-14-20(12-13-32-24)15-33-27(39)25-23(17-40-16-19-6-4-3-5-7-19)37(36-35-25)22-10-8-21(9-11-22)26(38)34-18-28(29,30)31/h3-14H,2,15-18H2,1H3,(H,33,39)(H,34,38). The molecule has 2 aromatic carbocycles. The summed E-state index contributed by atoms with van der Waals surface area (Å²) >= 11 is 0. The Morgan fingerprint density at radius 3 is 2.39 bits per heavy atom. The topological polar surface area (TPSA) is 120 Å². The number of rotatable bonds is 12. The third-order valence-corrected chi connectivity index (χ3v) is 5.70. The van der Waals surface area contributed by atoms with Crippen LogP contribution in [0, 0.1) is 0 Å². The van der Waals surface area contributed by atoms with Crippen molar-refractivity contribution in [2.45, 2.75) is 32.9 Å². The highest BCUT2D eigenvalue weighted by Gasteiger charge is 2.28. The lowest BCUT2D eigenvalue weighted by atomic mass is 10.2. The van der Waals surface area contributed by atoms with Crippen molar-refractivity contribution in [1.82, 2.24) is 30.6 Å². The Balaban J connectivity index is 1.52. The molecule has 41 heavy (non-hydrogen) atoms. The molecule has 4 rings (SSSR count). The smallest absolute Gasteiger partial charge is 0.405 e. The molecule has 13 heteroatoms. The zero-order chi connectivity index (χ0) is 29.2. The van der Waals surface area contributed by atoms with E-state index in [0.29, 0.717) is 23.9 Å². The number of amides is 2. The second-order valence-electron chi connectivity index (χ2n) is 8.74. The van der Waals surface area contributed by atoms with Gasteiger partial charge in [-0.05, 0) is 48.4 Å². The van der Waals surface area contributed by atoms with Crippen molar-refractivity contribution in [2.75, 3.05) is 13.2 Å². The fourth-order valence-corrected chi connectivity index (χ4v) is 3.74. The zero-order valence-corrected chi connectivity index (χ0v) is 22.0. The van der Waals surface area contributed by atoms with Crippen molar-refractivity contribution in [3.8, 4) is 11.6 Å². The van der Waals surface area contributed by atoms with Crippen LogP contribution in [0.5, 0.6) is 5.88 Å². The van der Waals surface area contributed by atoms with Crippen molar-refractivity contribution < 1.29 is 32.2 Å². The number of alkyl halides is 3. The van der Waals surface area contributed by atoms with E-state index in [2.05, 4.69) is 20.6 Å². The molecule has 0 unspecified atom stereocenters. The van der Waals surface area contributed by atoms with E-state index in [1.165, 1.54) is 28.9 Å². The average molecular weight is 569 g/mol. The summed E-state index contributed by atoms with van der Waals surface area (Å²) in [5, 5.41) is 12.8. The minimum atomic E-state index is -4.52. The first-order chi connectivity index (χ1) is 19.7. The first-order valence-corrected chi connectivity index (χ1v) is 12.6. The Morgan fingerprint density at radius 1 is 0.927 bits per heavy atom. The minimum absolute atomic E-state index is 0.0256. The molecule has 0 bridgehead atoms. The summed E-state index contributed by atoms with van der Waals surface area (Å²) in [5.74, 6) is -0.925. The molecule has 0 atom stereocenters. The largest absolute Gasteiger partial charge is 0.478 e. The molecule has 0 saturated heterocycles. The van der Waals surface area contributed by atoms with Gasteiger partial charge in [0, 0.05) is 24.4 Å². The van der Waals surface area contributed by atoms with Crippen LogP contribution in [0.2, 0.25) is 0 Å². The van der Waals surface area contributed by atoms with Crippen LogP contribution in [0.15, 0.2) is 72.9 Å². The predicted octanol–water partition coefficient (Wildman–Crippen LogP) is 4.00. The summed E-state index contributed by atoms with van der Waals surface area (Å²) in [6.45, 7) is 1.28. The highest BCUT2D eigenvalue weighted by molar-refractivity contribution is 5.94. The SMILES string of the molecule is CCOc1cc(CNC(=O)c2nnn(-c3ccc(C(=O)NCC(F)(F)F)cc3)c2COCc2ccccc2)ccn1. The Bertz CT molecular complexity index is 1460. The third kappa shape index (κ3) is 8.35. The number of hydrogen-bond donors (Lipinski definition) is 2. The number of aromatic nitrogens is 4. The maximum atomic E-state index is 13.1. The van der Waals surface area contributed by atoms with Gasteiger partial charge in [0.25, 0.3) is 11.8 Å². The first kappa shape index (κ1) is 29.2. The Kier molecular flexibility index (Phi) is 9.64. The molecule has 0 fully saturated rings. The Labute approximate surface area is 233 Å². The summed E-state index contributed by atoms with van der Waals surface area (Å²) in [7, 11) is 0. The zero-order valence-electron chi connectivity index (χ0n) is 22.0. The maximum absolute atomic E-state index is 13.1. The predicted molar refractivity (Wildman–Crippen MR) is 141 cm³/mol. The summed E-state index contributed by atoms with van der Waals surface area (Å²) in [6.07, 6.45) is -2.94. The van der Waals surface area contributed by atoms with E-state index in [0.717, 1.165) is 11.1 Å². The number of ether oxygens (including phenoxy) is 2. The monoisotopic (exact) mass is 568 g/mol. The fourth-order valence-electron chi connectivity index (χ4n) is 3.74. The Hall–Kier alpha value is -4.78. The second-order valence-corrected chi connectivity index (χ2v) is 8.74. The van der Waals surface area contributed by atoms with Gasteiger partial charge in [-0.3, -0.25) is 9.59 Å². The normalized spacial score (nSPS) is 11.2. The highest BCUT2D eigenvalue weighted by atomic mass is 19.4. The van der Waals surface area contributed by atoms with Crippen LogP contribution in [0.3, 0.4) is 0 Å². The number of carbonyl (C=O) groups excluding carboxylic acids is 2. The minimum Gasteiger partial charge on any atom is -0.478 e. The van der Waals surface area contributed by atoms with E-state index >= 15 is 0 Å².